The van der Waals surface area contributed by atoms with Gasteiger partial charge in [0, 0.05) is 50.1 Å². The number of nitrogens with zero attached hydrogens (tertiary/aromatic N) is 3. The van der Waals surface area contributed by atoms with Crippen LogP contribution >= 0.6 is 11.8 Å². The number of carboxylic acid groups (broad SMARTS) is 1. The molecule has 6 nitrogen and oxygen atoms in total. The molecule has 35 heavy (non-hydrogen) atoms. The van der Waals surface area contributed by atoms with Crippen LogP contribution in [-0.2, 0) is 11.8 Å². The predicted octanol–water partition coefficient (Wildman–Crippen LogP) is 5.58. The summed E-state index contributed by atoms with van der Waals surface area (Å²) in [5.41, 5.74) is 1.37. The predicted molar refractivity (Wildman–Crippen MR) is 138 cm³/mol. The van der Waals surface area contributed by atoms with Crippen LogP contribution in [0.25, 0.3) is 10.9 Å². The average molecular weight is 500 g/mol. The maximum atomic E-state index is 15.5. The molecule has 0 aliphatic carbocycles. The summed E-state index contributed by atoms with van der Waals surface area (Å²) in [5, 5.41) is 11.5. The number of carbonyl (C=O) groups is 1. The van der Waals surface area contributed by atoms with E-state index < -0.39 is 12.1 Å². The molecule has 1 N–H and O–H groups in total. The Kier molecular flexibility index (Phi) is 8.68. The smallest absolute Gasteiger partial charge is 0.303 e. The van der Waals surface area contributed by atoms with Crippen LogP contribution in [0.4, 0.5) is 4.39 Å². The zero-order valence-corrected chi connectivity index (χ0v) is 21.2. The first-order chi connectivity index (χ1) is 16.9. The molecule has 8 heteroatoms. The number of benzene rings is 1. The summed E-state index contributed by atoms with van der Waals surface area (Å²) in [6, 6.07) is 11.4. The number of likely N-dealkylation sites (tertiary alicyclic amines) is 1. The van der Waals surface area contributed by atoms with Gasteiger partial charge < -0.3 is 19.3 Å². The number of rotatable bonds is 11. The lowest BCUT2D eigenvalue weighted by atomic mass is 9.79. The standard InChI is InChI=1S/C27H34FN3O3S/c1-30-12-3-4-26(30)35-15-14-31-13-10-19(20(18-31)16-27(32)33)5-7-24(28)22-9-11-29-25-8-6-21(34-2)17-23(22)25/h3-4,6,8-9,11-12,17,19-20,24H,5,7,10,13-16,18H2,1-2H3,(H,32,33)/t19-,20+,24-/m1/s1. The Morgan fingerprint density at radius 3 is 2.91 bits per heavy atom. The van der Waals surface area contributed by atoms with Gasteiger partial charge in [0.2, 0.25) is 0 Å². The maximum absolute atomic E-state index is 15.5. The fraction of sp³-hybridized carbons (Fsp3) is 0.481. The second-order valence-electron chi connectivity index (χ2n) is 9.34. The molecule has 0 amide bonds. The van der Waals surface area contributed by atoms with E-state index in [2.05, 4.69) is 20.5 Å². The molecule has 0 saturated carbocycles. The van der Waals surface area contributed by atoms with Crippen molar-refractivity contribution in [3.63, 3.8) is 0 Å². The number of halogens is 1. The van der Waals surface area contributed by atoms with E-state index in [1.54, 1.807) is 19.4 Å². The molecule has 188 valence electrons. The van der Waals surface area contributed by atoms with Crippen LogP contribution in [0, 0.1) is 11.8 Å². The van der Waals surface area contributed by atoms with Crippen molar-refractivity contribution in [2.45, 2.75) is 36.9 Å². The minimum Gasteiger partial charge on any atom is -0.497 e. The Morgan fingerprint density at radius 2 is 2.17 bits per heavy atom. The summed E-state index contributed by atoms with van der Waals surface area (Å²) < 4.78 is 22.9. The van der Waals surface area contributed by atoms with Crippen LogP contribution in [0.2, 0.25) is 0 Å². The monoisotopic (exact) mass is 499 g/mol. The number of methoxy groups -OCH3 is 1. The van der Waals surface area contributed by atoms with Crippen LogP contribution in [0.5, 0.6) is 5.75 Å². The van der Waals surface area contributed by atoms with Crippen molar-refractivity contribution in [3.8, 4) is 5.75 Å². The van der Waals surface area contributed by atoms with Gasteiger partial charge in [0.25, 0.3) is 0 Å². The lowest BCUT2D eigenvalue weighted by molar-refractivity contribution is -0.139. The first-order valence-electron chi connectivity index (χ1n) is 12.2. The second-order valence-corrected chi connectivity index (χ2v) is 10.5. The van der Waals surface area contributed by atoms with Crippen LogP contribution < -0.4 is 4.74 Å². The second kappa shape index (κ2) is 11.9. The van der Waals surface area contributed by atoms with Crippen LogP contribution in [0.1, 0.15) is 37.4 Å². The number of fused-ring (bicyclic) bond motifs is 1. The average Bonchev–Trinajstić information content (AvgIpc) is 3.26. The Bertz CT molecular complexity index is 1140. The van der Waals surface area contributed by atoms with E-state index in [0.717, 1.165) is 42.7 Å². The van der Waals surface area contributed by atoms with E-state index in [1.807, 2.05) is 49.3 Å². The number of alkyl halides is 1. The molecular weight excluding hydrogens is 465 g/mol. The number of piperidine rings is 1. The summed E-state index contributed by atoms with van der Waals surface area (Å²) >= 11 is 1.82. The Balaban J connectivity index is 1.35. The van der Waals surface area contributed by atoms with Crippen LogP contribution in [0.3, 0.4) is 0 Å². The zero-order valence-electron chi connectivity index (χ0n) is 20.4. The summed E-state index contributed by atoms with van der Waals surface area (Å²) in [6.07, 6.45) is 4.66. The molecule has 1 aliphatic heterocycles. The van der Waals surface area contributed by atoms with Crippen molar-refractivity contribution < 1.29 is 19.0 Å². The van der Waals surface area contributed by atoms with Crippen molar-refractivity contribution in [1.29, 1.82) is 0 Å². The Morgan fingerprint density at radius 1 is 1.31 bits per heavy atom. The zero-order chi connectivity index (χ0) is 24.8. The quantitative estimate of drug-likeness (QED) is 0.348. The molecule has 0 bridgehead atoms. The number of carboxylic acids is 1. The summed E-state index contributed by atoms with van der Waals surface area (Å²) in [5.74, 6) is 1.13. The van der Waals surface area contributed by atoms with Gasteiger partial charge in [-0.1, -0.05) is 0 Å². The van der Waals surface area contributed by atoms with Gasteiger partial charge in [-0.05, 0) is 79.6 Å². The van der Waals surface area contributed by atoms with E-state index in [1.165, 1.54) is 5.03 Å². The third-order valence-electron chi connectivity index (χ3n) is 7.08. The molecule has 2 aromatic heterocycles. The highest BCUT2D eigenvalue weighted by atomic mass is 32.2. The van der Waals surface area contributed by atoms with E-state index in [-0.39, 0.29) is 18.3 Å². The van der Waals surface area contributed by atoms with Gasteiger partial charge >= 0.3 is 5.97 Å². The highest BCUT2D eigenvalue weighted by molar-refractivity contribution is 7.99. The van der Waals surface area contributed by atoms with Crippen molar-refractivity contribution in [1.82, 2.24) is 14.5 Å². The van der Waals surface area contributed by atoms with Gasteiger partial charge in [0.1, 0.15) is 11.9 Å². The van der Waals surface area contributed by atoms with Gasteiger partial charge in [-0.15, -0.1) is 11.8 Å². The SMILES string of the molecule is COc1ccc2nccc([C@H](F)CC[C@@H]3CCN(CCSc4cccn4C)C[C@@H]3CC(=O)O)c2c1. The largest absolute Gasteiger partial charge is 0.497 e. The van der Waals surface area contributed by atoms with Crippen molar-refractivity contribution in [2.24, 2.45) is 18.9 Å². The number of hydrogen-bond donors (Lipinski definition) is 1. The van der Waals surface area contributed by atoms with Crippen molar-refractivity contribution in [3.05, 3.63) is 54.4 Å². The number of thioether (sulfide) groups is 1. The molecule has 0 radical (unpaired) electrons. The third-order valence-corrected chi connectivity index (χ3v) is 8.18. The van der Waals surface area contributed by atoms with E-state index >= 15 is 4.39 Å². The van der Waals surface area contributed by atoms with E-state index in [9.17, 15) is 9.90 Å². The molecule has 1 aromatic carbocycles. The molecule has 3 atom stereocenters. The summed E-state index contributed by atoms with van der Waals surface area (Å²) in [6.45, 7) is 2.62. The van der Waals surface area contributed by atoms with Crippen LogP contribution in [-0.4, -0.2) is 58.0 Å². The third kappa shape index (κ3) is 6.55. The normalized spacial score (nSPS) is 19.6. The maximum Gasteiger partial charge on any atom is 0.303 e. The number of aromatic nitrogens is 2. The summed E-state index contributed by atoms with van der Waals surface area (Å²) in [7, 11) is 3.64. The molecule has 1 saturated heterocycles. The topological polar surface area (TPSA) is 67.6 Å². The molecule has 0 spiro atoms. The minimum atomic E-state index is -1.13. The fourth-order valence-corrected chi connectivity index (χ4v) is 6.13. The first kappa shape index (κ1) is 25.5. The first-order valence-corrected chi connectivity index (χ1v) is 13.2. The van der Waals surface area contributed by atoms with Gasteiger partial charge in [-0.25, -0.2) is 4.39 Å². The molecule has 0 unspecified atom stereocenters. The minimum absolute atomic E-state index is 0.0442. The van der Waals surface area contributed by atoms with Crippen molar-refractivity contribution in [2.75, 3.05) is 32.5 Å². The number of hydrogen-bond acceptors (Lipinski definition) is 5. The highest BCUT2D eigenvalue weighted by Gasteiger charge is 2.31. The molecule has 3 aromatic rings. The van der Waals surface area contributed by atoms with Gasteiger partial charge in [-0.2, -0.15) is 0 Å². The Hall–Kier alpha value is -2.58. The lowest BCUT2D eigenvalue weighted by Crippen LogP contribution is -2.42. The van der Waals surface area contributed by atoms with Gasteiger partial charge in [0.05, 0.1) is 17.7 Å². The molecule has 1 aliphatic rings. The van der Waals surface area contributed by atoms with E-state index in [0.29, 0.717) is 24.2 Å². The molecule has 3 heterocycles. The van der Waals surface area contributed by atoms with Gasteiger partial charge in [0.15, 0.2) is 0 Å². The molecule has 1 fully saturated rings. The number of aryl methyl sites for hydroxylation is 1. The van der Waals surface area contributed by atoms with E-state index in [4.69, 9.17) is 4.74 Å². The van der Waals surface area contributed by atoms with Crippen LogP contribution in [0.15, 0.2) is 53.8 Å². The Labute approximate surface area is 210 Å². The summed E-state index contributed by atoms with van der Waals surface area (Å²) in [4.78, 5) is 18.3. The molecule has 4 rings (SSSR count). The fourth-order valence-electron chi connectivity index (χ4n) is 5.13. The molecular formula is C27H34FN3O3S. The lowest BCUT2D eigenvalue weighted by Gasteiger charge is -2.38. The number of pyridine rings is 1. The number of ether oxygens (including phenoxy) is 1. The highest BCUT2D eigenvalue weighted by Crippen LogP contribution is 2.36. The number of aliphatic carboxylic acids is 1. The van der Waals surface area contributed by atoms with Crippen molar-refractivity contribution >= 4 is 28.6 Å². The van der Waals surface area contributed by atoms with Gasteiger partial charge in [-0.3, -0.25) is 9.78 Å².